The van der Waals surface area contributed by atoms with E-state index in [1.807, 2.05) is 42.5 Å². The van der Waals surface area contributed by atoms with Crippen molar-refractivity contribution in [1.82, 2.24) is 10.3 Å². The average Bonchev–Trinajstić information content (AvgIpc) is 3.74. The quantitative estimate of drug-likeness (QED) is 0.0961. The molecular formula is C50H63N3O6. The van der Waals surface area contributed by atoms with Gasteiger partial charge in [0, 0.05) is 43.3 Å². The molecule has 0 radical (unpaired) electrons. The molecule has 1 saturated heterocycles. The number of methoxy groups -OCH3 is 1. The predicted octanol–water partition coefficient (Wildman–Crippen LogP) is 8.06. The van der Waals surface area contributed by atoms with Crippen LogP contribution in [0.1, 0.15) is 130 Å². The minimum absolute atomic E-state index is 0.00338. The SMILES string of the molecule is COc1cc2c(cc1O)C(CCC(O)CC(C=Cc1ccccc1)c1ccnc(N)c1)C#CC(C(O)CCCC1(C3CNC4CC(=O)CCC4C3)CCCC1)C(=O)CC2. The number of phenols is 1. The number of nitrogens with zero attached hydrogens (tertiary/aromatic N) is 1. The van der Waals surface area contributed by atoms with Crippen molar-refractivity contribution < 1.29 is 29.6 Å². The minimum atomic E-state index is -0.882. The van der Waals surface area contributed by atoms with Crippen LogP contribution in [0.2, 0.25) is 0 Å². The molecule has 4 aliphatic rings. The first-order chi connectivity index (χ1) is 28.6. The molecule has 3 aliphatic carbocycles. The first-order valence-electron chi connectivity index (χ1n) is 22.1. The summed E-state index contributed by atoms with van der Waals surface area (Å²) in [6.07, 6.45) is 17.1. The largest absolute Gasteiger partial charge is 0.504 e. The van der Waals surface area contributed by atoms with E-state index in [0.29, 0.717) is 80.2 Å². The van der Waals surface area contributed by atoms with E-state index in [9.17, 15) is 24.9 Å². The number of ketones is 2. The molecule has 9 heteroatoms. The summed E-state index contributed by atoms with van der Waals surface area (Å²) in [7, 11) is 1.51. The van der Waals surface area contributed by atoms with E-state index in [1.54, 1.807) is 18.3 Å². The fraction of sp³-hybridized carbons (Fsp3) is 0.540. The zero-order valence-corrected chi connectivity index (χ0v) is 34.7. The Morgan fingerprint density at radius 1 is 1.03 bits per heavy atom. The molecule has 3 aromatic rings. The Hall–Kier alpha value is -4.49. The number of aliphatic hydroxyl groups excluding tert-OH is 2. The van der Waals surface area contributed by atoms with Gasteiger partial charge in [-0.3, -0.25) is 9.59 Å². The number of hydrogen-bond donors (Lipinski definition) is 5. The normalized spacial score (nSPS) is 25.7. The van der Waals surface area contributed by atoms with E-state index < -0.39 is 18.1 Å². The molecular weight excluding hydrogens is 739 g/mol. The maximum absolute atomic E-state index is 13.9. The second-order valence-corrected chi connectivity index (χ2v) is 17.9. The number of hydrogen-bond acceptors (Lipinski definition) is 9. The number of nitrogen functional groups attached to an aromatic ring is 1. The molecule has 314 valence electrons. The van der Waals surface area contributed by atoms with Gasteiger partial charge in [-0.1, -0.05) is 73.6 Å². The lowest BCUT2D eigenvalue weighted by Crippen LogP contribution is -2.52. The summed E-state index contributed by atoms with van der Waals surface area (Å²) in [6.45, 7) is 0.962. The highest BCUT2D eigenvalue weighted by Crippen LogP contribution is 2.52. The van der Waals surface area contributed by atoms with Crippen LogP contribution in [-0.4, -0.2) is 63.8 Å². The molecule has 2 heterocycles. The number of allylic oxidation sites excluding steroid dienone is 1. The molecule has 1 aromatic heterocycles. The molecule has 9 nitrogen and oxygen atoms in total. The summed E-state index contributed by atoms with van der Waals surface area (Å²) in [5, 5.41) is 38.0. The Balaban J connectivity index is 1.05. The molecule has 6 N–H and O–H groups in total. The number of aliphatic hydroxyl groups is 2. The number of fused-ring (bicyclic) bond motifs is 2. The van der Waals surface area contributed by atoms with E-state index in [1.165, 1.54) is 39.2 Å². The van der Waals surface area contributed by atoms with Crippen molar-refractivity contribution in [2.24, 2.45) is 23.2 Å². The molecule has 8 atom stereocenters. The number of aromatic hydroxyl groups is 1. The predicted molar refractivity (Wildman–Crippen MR) is 232 cm³/mol. The Kier molecular flexibility index (Phi) is 14.2. The van der Waals surface area contributed by atoms with Crippen LogP contribution >= 0.6 is 0 Å². The maximum Gasteiger partial charge on any atom is 0.160 e. The highest BCUT2D eigenvalue weighted by Gasteiger charge is 2.45. The lowest BCUT2D eigenvalue weighted by atomic mass is 9.63. The Morgan fingerprint density at radius 3 is 2.63 bits per heavy atom. The van der Waals surface area contributed by atoms with Gasteiger partial charge in [0.25, 0.3) is 0 Å². The molecule has 8 unspecified atom stereocenters. The summed E-state index contributed by atoms with van der Waals surface area (Å²) >= 11 is 0. The number of anilines is 1. The lowest BCUT2D eigenvalue weighted by molar-refractivity contribution is -0.124. The third-order valence-electron chi connectivity index (χ3n) is 14.1. The van der Waals surface area contributed by atoms with Crippen LogP contribution < -0.4 is 15.8 Å². The summed E-state index contributed by atoms with van der Waals surface area (Å²) in [4.78, 5) is 30.2. The van der Waals surface area contributed by atoms with Gasteiger partial charge in [0.15, 0.2) is 17.3 Å². The highest BCUT2D eigenvalue weighted by molar-refractivity contribution is 5.85. The molecule has 1 aliphatic heterocycles. The number of rotatable bonds is 15. The third kappa shape index (κ3) is 10.6. The number of carbonyl (C=O) groups is 2. The van der Waals surface area contributed by atoms with Crippen LogP contribution in [0.4, 0.5) is 5.82 Å². The van der Waals surface area contributed by atoms with Gasteiger partial charge in [-0.05, 0) is 135 Å². The average molecular weight is 802 g/mol. The van der Waals surface area contributed by atoms with Crippen molar-refractivity contribution in [3.8, 4) is 23.3 Å². The van der Waals surface area contributed by atoms with E-state index >= 15 is 0 Å². The van der Waals surface area contributed by atoms with Crippen LogP contribution in [0.5, 0.6) is 11.5 Å². The highest BCUT2D eigenvalue weighted by atomic mass is 16.5. The molecule has 3 fully saturated rings. The smallest absolute Gasteiger partial charge is 0.160 e. The first-order valence-corrected chi connectivity index (χ1v) is 22.1. The van der Waals surface area contributed by atoms with Crippen LogP contribution in [0, 0.1) is 35.0 Å². The fourth-order valence-corrected chi connectivity index (χ4v) is 10.8. The number of nitrogens with two attached hydrogens (primary N) is 1. The van der Waals surface area contributed by atoms with Gasteiger partial charge in [0.2, 0.25) is 0 Å². The Labute approximate surface area is 350 Å². The second-order valence-electron chi connectivity index (χ2n) is 17.9. The zero-order valence-electron chi connectivity index (χ0n) is 34.7. The molecule has 7 rings (SSSR count). The van der Waals surface area contributed by atoms with Gasteiger partial charge in [-0.15, -0.1) is 0 Å². The van der Waals surface area contributed by atoms with E-state index in [-0.39, 0.29) is 35.2 Å². The third-order valence-corrected chi connectivity index (χ3v) is 14.1. The van der Waals surface area contributed by atoms with Crippen molar-refractivity contribution >= 4 is 23.5 Å². The number of Topliss-reactive ketones (excluding diaryl/α,β-unsaturated/α-hetero) is 2. The van der Waals surface area contributed by atoms with Crippen molar-refractivity contribution in [2.45, 2.75) is 133 Å². The number of ether oxygens (including phenoxy) is 1. The van der Waals surface area contributed by atoms with Crippen LogP contribution in [0.25, 0.3) is 6.08 Å². The number of aromatic nitrogens is 1. The van der Waals surface area contributed by atoms with Gasteiger partial charge < -0.3 is 31.1 Å². The molecule has 2 saturated carbocycles. The molecule has 0 amide bonds. The number of benzene rings is 2. The lowest BCUT2D eigenvalue weighted by Gasteiger charge is -2.47. The van der Waals surface area contributed by atoms with Crippen molar-refractivity contribution in [2.75, 3.05) is 19.4 Å². The van der Waals surface area contributed by atoms with Crippen LogP contribution in [0.3, 0.4) is 0 Å². The maximum atomic E-state index is 13.9. The zero-order chi connectivity index (χ0) is 41.4. The molecule has 2 aromatic carbocycles. The van der Waals surface area contributed by atoms with Gasteiger partial charge >= 0.3 is 0 Å². The topological polar surface area (TPSA) is 155 Å². The Bertz CT molecular complexity index is 2000. The number of pyridine rings is 1. The molecule has 0 bridgehead atoms. The summed E-state index contributed by atoms with van der Waals surface area (Å²) in [5.41, 5.74) is 10.0. The van der Waals surface area contributed by atoms with E-state index in [2.05, 4.69) is 34.3 Å². The first kappa shape index (κ1) is 42.6. The molecule has 0 spiro atoms. The monoisotopic (exact) mass is 801 g/mol. The Morgan fingerprint density at radius 2 is 1.85 bits per heavy atom. The summed E-state index contributed by atoms with van der Waals surface area (Å²) in [5.74, 6) is 7.56. The molecule has 59 heavy (non-hydrogen) atoms. The number of phenolic OH excluding ortho intramolecular Hbond substituents is 1. The van der Waals surface area contributed by atoms with E-state index in [0.717, 1.165) is 48.1 Å². The number of aryl methyl sites for hydroxylation is 1. The van der Waals surface area contributed by atoms with Gasteiger partial charge in [-0.25, -0.2) is 4.98 Å². The van der Waals surface area contributed by atoms with Crippen molar-refractivity contribution in [3.63, 3.8) is 0 Å². The summed E-state index contributed by atoms with van der Waals surface area (Å²) < 4.78 is 5.46. The van der Waals surface area contributed by atoms with E-state index in [4.69, 9.17) is 10.5 Å². The van der Waals surface area contributed by atoms with Gasteiger partial charge in [-0.2, -0.15) is 0 Å². The van der Waals surface area contributed by atoms with Crippen LogP contribution in [0.15, 0.2) is 66.9 Å². The number of piperidine rings is 1. The number of carbonyl (C=O) groups excluding carboxylic acids is 2. The minimum Gasteiger partial charge on any atom is -0.504 e. The van der Waals surface area contributed by atoms with Crippen LogP contribution in [-0.2, 0) is 16.0 Å². The summed E-state index contributed by atoms with van der Waals surface area (Å²) in [6, 6.07) is 17.6. The second kappa shape index (κ2) is 19.7. The fourth-order valence-electron chi connectivity index (χ4n) is 10.8. The van der Waals surface area contributed by atoms with Crippen molar-refractivity contribution in [3.05, 3.63) is 89.1 Å². The van der Waals surface area contributed by atoms with Crippen molar-refractivity contribution in [1.29, 1.82) is 0 Å². The number of nitrogens with one attached hydrogen (secondary N) is 1. The van der Waals surface area contributed by atoms with Gasteiger partial charge in [0.1, 0.15) is 17.5 Å². The standard InChI is InChI=1S/C50H63N3O6/c1-59-48-28-37-16-20-46(57)42(45(56)10-7-24-50(22-5-6-23-50)39-26-38-14-18-41(55)30-44(38)53-32-39)19-15-34(43(37)31-47(48)58)13-17-40(54)27-35(36-21-25-52-49(51)29-36)12-11-33-8-3-2-4-9-33/h2-4,8-9,11-12,21,25,28-29,31,34-35,38-40,42,44-45,53-54,56,58H,5-7,10,13-14,16-18,20,22-24,26-27,30,32H2,1H3,(H2,51,52). The van der Waals surface area contributed by atoms with Gasteiger partial charge in [0.05, 0.1) is 19.3 Å².